The highest BCUT2D eigenvalue weighted by Crippen LogP contribution is 2.30. The number of rotatable bonds is 5. The maximum absolute atomic E-state index is 11.0. The Kier molecular flexibility index (Phi) is 5.17. The summed E-state index contributed by atoms with van der Waals surface area (Å²) >= 11 is 0. The predicted molar refractivity (Wildman–Crippen MR) is 82.5 cm³/mol. The molecule has 1 aliphatic carbocycles. The Labute approximate surface area is 125 Å². The summed E-state index contributed by atoms with van der Waals surface area (Å²) in [5.74, 6) is 1.90. The minimum absolute atomic E-state index is 0.0798. The SMILES string of the molecule is COc1cc(CNC2CCCC(C)C2C)cc([N+](=O)[O-])c1. The molecule has 1 aromatic carbocycles. The second kappa shape index (κ2) is 6.89. The Morgan fingerprint density at radius 3 is 2.76 bits per heavy atom. The molecule has 0 bridgehead atoms. The van der Waals surface area contributed by atoms with E-state index in [0.29, 0.717) is 24.3 Å². The molecule has 0 saturated heterocycles. The number of hydrogen-bond acceptors (Lipinski definition) is 4. The summed E-state index contributed by atoms with van der Waals surface area (Å²) in [4.78, 5) is 10.6. The summed E-state index contributed by atoms with van der Waals surface area (Å²) in [5.41, 5.74) is 0.975. The zero-order valence-electron chi connectivity index (χ0n) is 13.0. The second-order valence-corrected chi connectivity index (χ2v) is 6.05. The number of methoxy groups -OCH3 is 1. The van der Waals surface area contributed by atoms with Crippen LogP contribution in [0.2, 0.25) is 0 Å². The lowest BCUT2D eigenvalue weighted by atomic mass is 9.78. The molecule has 1 aromatic rings. The monoisotopic (exact) mass is 292 g/mol. The van der Waals surface area contributed by atoms with Crippen molar-refractivity contribution in [2.75, 3.05) is 7.11 Å². The molecule has 5 nitrogen and oxygen atoms in total. The molecular formula is C16H24N2O3. The van der Waals surface area contributed by atoms with E-state index in [1.165, 1.54) is 32.4 Å². The number of ether oxygens (including phenoxy) is 1. The molecule has 1 N–H and O–H groups in total. The van der Waals surface area contributed by atoms with Gasteiger partial charge < -0.3 is 10.1 Å². The molecule has 1 fully saturated rings. The Hall–Kier alpha value is -1.62. The molecule has 0 aliphatic heterocycles. The normalized spacial score (nSPS) is 25.6. The summed E-state index contributed by atoms with van der Waals surface area (Å²) in [6.45, 7) is 5.23. The third kappa shape index (κ3) is 3.94. The van der Waals surface area contributed by atoms with Crippen molar-refractivity contribution in [2.24, 2.45) is 11.8 Å². The van der Waals surface area contributed by atoms with Gasteiger partial charge in [0.05, 0.1) is 18.1 Å². The van der Waals surface area contributed by atoms with Crippen molar-refractivity contribution >= 4 is 5.69 Å². The second-order valence-electron chi connectivity index (χ2n) is 6.05. The van der Waals surface area contributed by atoms with Crippen LogP contribution in [0.25, 0.3) is 0 Å². The van der Waals surface area contributed by atoms with E-state index in [-0.39, 0.29) is 10.6 Å². The van der Waals surface area contributed by atoms with Gasteiger partial charge in [-0.15, -0.1) is 0 Å². The highest BCUT2D eigenvalue weighted by atomic mass is 16.6. The summed E-state index contributed by atoms with van der Waals surface area (Å²) < 4.78 is 5.14. The smallest absolute Gasteiger partial charge is 0.273 e. The van der Waals surface area contributed by atoms with Crippen molar-refractivity contribution < 1.29 is 9.66 Å². The summed E-state index contributed by atoms with van der Waals surface area (Å²) in [6.07, 6.45) is 3.73. The van der Waals surface area contributed by atoms with E-state index >= 15 is 0 Å². The zero-order chi connectivity index (χ0) is 15.4. The number of nitro benzene ring substituents is 1. The van der Waals surface area contributed by atoms with E-state index < -0.39 is 0 Å². The van der Waals surface area contributed by atoms with Crippen LogP contribution in [0.15, 0.2) is 18.2 Å². The first-order chi connectivity index (χ1) is 10.0. The van der Waals surface area contributed by atoms with Gasteiger partial charge in [0.2, 0.25) is 0 Å². The standard InChI is InChI=1S/C16H24N2O3/c1-11-5-4-6-16(12(11)2)17-10-13-7-14(18(19)20)9-15(8-13)21-3/h7-9,11-12,16-17H,4-6,10H2,1-3H3. The van der Waals surface area contributed by atoms with Crippen LogP contribution >= 0.6 is 0 Å². The summed E-state index contributed by atoms with van der Waals surface area (Å²) in [6, 6.07) is 5.41. The van der Waals surface area contributed by atoms with Crippen LogP contribution in [-0.2, 0) is 6.54 Å². The van der Waals surface area contributed by atoms with Gasteiger partial charge in [-0.2, -0.15) is 0 Å². The highest BCUT2D eigenvalue weighted by molar-refractivity contribution is 5.42. The Morgan fingerprint density at radius 2 is 2.10 bits per heavy atom. The lowest BCUT2D eigenvalue weighted by Gasteiger charge is -2.34. The van der Waals surface area contributed by atoms with E-state index in [2.05, 4.69) is 19.2 Å². The molecule has 0 heterocycles. The molecule has 3 atom stereocenters. The van der Waals surface area contributed by atoms with Crippen LogP contribution in [0.4, 0.5) is 5.69 Å². The molecule has 0 radical (unpaired) electrons. The molecule has 0 aromatic heterocycles. The van der Waals surface area contributed by atoms with Gasteiger partial charge in [-0.3, -0.25) is 10.1 Å². The molecule has 0 spiro atoms. The van der Waals surface area contributed by atoms with Crippen molar-refractivity contribution in [2.45, 2.75) is 45.7 Å². The van der Waals surface area contributed by atoms with Gasteiger partial charge in [-0.1, -0.05) is 26.7 Å². The third-order valence-corrected chi connectivity index (χ3v) is 4.67. The molecule has 1 saturated carbocycles. The van der Waals surface area contributed by atoms with E-state index in [0.717, 1.165) is 11.5 Å². The first-order valence-electron chi connectivity index (χ1n) is 7.57. The molecule has 3 unspecified atom stereocenters. The zero-order valence-corrected chi connectivity index (χ0v) is 13.0. The van der Waals surface area contributed by atoms with E-state index in [4.69, 9.17) is 4.74 Å². The van der Waals surface area contributed by atoms with Crippen LogP contribution in [0.1, 0.15) is 38.7 Å². The van der Waals surface area contributed by atoms with Crippen molar-refractivity contribution in [3.05, 3.63) is 33.9 Å². The van der Waals surface area contributed by atoms with Gasteiger partial charge in [0.1, 0.15) is 5.75 Å². The third-order valence-electron chi connectivity index (χ3n) is 4.67. The van der Waals surface area contributed by atoms with Crippen LogP contribution < -0.4 is 10.1 Å². The topological polar surface area (TPSA) is 64.4 Å². The number of nitrogens with one attached hydrogen (secondary N) is 1. The fraction of sp³-hybridized carbons (Fsp3) is 0.625. The number of nitro groups is 1. The van der Waals surface area contributed by atoms with Gasteiger partial charge in [0.15, 0.2) is 0 Å². The van der Waals surface area contributed by atoms with Gasteiger partial charge in [0.25, 0.3) is 5.69 Å². The number of nitrogens with zero attached hydrogens (tertiary/aromatic N) is 1. The largest absolute Gasteiger partial charge is 0.496 e. The maximum atomic E-state index is 11.0. The van der Waals surface area contributed by atoms with Crippen LogP contribution in [0, 0.1) is 22.0 Å². The fourth-order valence-corrected chi connectivity index (χ4v) is 3.09. The van der Waals surface area contributed by atoms with Crippen molar-refractivity contribution in [3.63, 3.8) is 0 Å². The average molecular weight is 292 g/mol. The Morgan fingerprint density at radius 1 is 1.33 bits per heavy atom. The first kappa shape index (κ1) is 15.8. The van der Waals surface area contributed by atoms with Crippen LogP contribution in [-0.4, -0.2) is 18.1 Å². The van der Waals surface area contributed by atoms with Crippen molar-refractivity contribution in [3.8, 4) is 5.75 Å². The van der Waals surface area contributed by atoms with Crippen LogP contribution in [0.5, 0.6) is 5.75 Å². The minimum Gasteiger partial charge on any atom is -0.496 e. The van der Waals surface area contributed by atoms with Crippen LogP contribution in [0.3, 0.4) is 0 Å². The van der Waals surface area contributed by atoms with Crippen molar-refractivity contribution in [1.29, 1.82) is 0 Å². The fourth-order valence-electron chi connectivity index (χ4n) is 3.09. The first-order valence-corrected chi connectivity index (χ1v) is 7.57. The van der Waals surface area contributed by atoms with Crippen molar-refractivity contribution in [1.82, 2.24) is 5.32 Å². The molecular weight excluding hydrogens is 268 g/mol. The summed E-state index contributed by atoms with van der Waals surface area (Å²) in [7, 11) is 1.53. The number of hydrogen-bond donors (Lipinski definition) is 1. The predicted octanol–water partition coefficient (Wildman–Crippen LogP) is 3.52. The molecule has 5 heteroatoms. The molecule has 116 valence electrons. The highest BCUT2D eigenvalue weighted by Gasteiger charge is 2.26. The van der Waals surface area contributed by atoms with E-state index in [1.54, 1.807) is 6.07 Å². The van der Waals surface area contributed by atoms with Gasteiger partial charge in [-0.25, -0.2) is 0 Å². The molecule has 21 heavy (non-hydrogen) atoms. The Balaban J connectivity index is 2.05. The number of benzene rings is 1. The van der Waals surface area contributed by atoms with E-state index in [1.807, 2.05) is 6.07 Å². The minimum atomic E-state index is -0.378. The maximum Gasteiger partial charge on any atom is 0.273 e. The van der Waals surface area contributed by atoms with E-state index in [9.17, 15) is 10.1 Å². The van der Waals surface area contributed by atoms with Gasteiger partial charge in [0, 0.05) is 18.7 Å². The molecule has 1 aliphatic rings. The quantitative estimate of drug-likeness (QED) is 0.666. The number of non-ortho nitro benzene ring substituents is 1. The average Bonchev–Trinajstić information content (AvgIpc) is 2.48. The molecule has 2 rings (SSSR count). The summed E-state index contributed by atoms with van der Waals surface area (Å²) in [5, 5.41) is 14.5. The van der Waals surface area contributed by atoms with Gasteiger partial charge >= 0.3 is 0 Å². The lowest BCUT2D eigenvalue weighted by molar-refractivity contribution is -0.385. The lowest BCUT2D eigenvalue weighted by Crippen LogP contribution is -2.40. The molecule has 0 amide bonds. The Bertz CT molecular complexity index is 504. The van der Waals surface area contributed by atoms with Gasteiger partial charge in [-0.05, 0) is 29.9 Å².